The number of carbonyl (C=O) groups excluding carboxylic acids is 1. The van der Waals surface area contributed by atoms with Crippen LogP contribution in [0.5, 0.6) is 28.7 Å². The van der Waals surface area contributed by atoms with Gasteiger partial charge >= 0.3 is 0 Å². The molecule has 172 valence electrons. The minimum absolute atomic E-state index is 0.0628. The van der Waals surface area contributed by atoms with Crippen molar-refractivity contribution in [3.05, 3.63) is 40.4 Å². The second-order valence-electron chi connectivity index (χ2n) is 7.54. The first kappa shape index (κ1) is 22.4. The molecule has 1 saturated heterocycles. The van der Waals surface area contributed by atoms with Crippen molar-refractivity contribution in [1.29, 1.82) is 0 Å². The third kappa shape index (κ3) is 4.38. The van der Waals surface area contributed by atoms with Crippen LogP contribution in [0.1, 0.15) is 15.9 Å². The first-order valence-corrected chi connectivity index (χ1v) is 10.8. The zero-order valence-electron chi connectivity index (χ0n) is 18.5. The molecule has 0 saturated carbocycles. The summed E-state index contributed by atoms with van der Waals surface area (Å²) in [5.74, 6) is 2.83. The Morgan fingerprint density at radius 2 is 1.69 bits per heavy atom. The fourth-order valence-electron chi connectivity index (χ4n) is 4.05. The lowest BCUT2D eigenvalue weighted by atomic mass is 10.1. The third-order valence-electron chi connectivity index (χ3n) is 5.68. The summed E-state index contributed by atoms with van der Waals surface area (Å²) >= 11 is 6.30. The number of rotatable bonds is 6. The monoisotopic (exact) mass is 462 g/mol. The highest BCUT2D eigenvalue weighted by atomic mass is 35.5. The molecule has 2 aliphatic heterocycles. The van der Waals surface area contributed by atoms with E-state index < -0.39 is 0 Å². The number of benzene rings is 2. The van der Waals surface area contributed by atoms with Crippen LogP contribution < -0.4 is 23.7 Å². The minimum atomic E-state index is -0.0628. The van der Waals surface area contributed by atoms with Gasteiger partial charge in [-0.15, -0.1) is 0 Å². The molecule has 0 radical (unpaired) electrons. The molecule has 2 aromatic carbocycles. The Bertz CT molecular complexity index is 991. The normalized spacial score (nSPS) is 15.9. The van der Waals surface area contributed by atoms with E-state index in [9.17, 15) is 4.79 Å². The summed E-state index contributed by atoms with van der Waals surface area (Å²) < 4.78 is 27.6. The molecule has 9 heteroatoms. The van der Waals surface area contributed by atoms with Crippen LogP contribution in [0.15, 0.2) is 24.3 Å². The topological polar surface area (TPSA) is 69.7 Å². The number of piperazine rings is 1. The van der Waals surface area contributed by atoms with Crippen LogP contribution in [0.4, 0.5) is 0 Å². The van der Waals surface area contributed by atoms with E-state index in [0.29, 0.717) is 72.2 Å². The van der Waals surface area contributed by atoms with Crippen molar-refractivity contribution in [2.24, 2.45) is 0 Å². The van der Waals surface area contributed by atoms with E-state index in [4.69, 9.17) is 35.3 Å². The summed E-state index contributed by atoms with van der Waals surface area (Å²) in [5.41, 5.74) is 1.51. The van der Waals surface area contributed by atoms with Gasteiger partial charge in [0.15, 0.2) is 23.0 Å². The fourth-order valence-corrected chi connectivity index (χ4v) is 4.32. The van der Waals surface area contributed by atoms with Crippen LogP contribution >= 0.6 is 11.6 Å². The average molecular weight is 463 g/mol. The summed E-state index contributed by atoms with van der Waals surface area (Å²) in [7, 11) is 4.82. The molecule has 1 amide bonds. The molecule has 32 heavy (non-hydrogen) atoms. The van der Waals surface area contributed by atoms with Gasteiger partial charge in [-0.1, -0.05) is 17.7 Å². The zero-order valence-corrected chi connectivity index (χ0v) is 19.2. The maximum atomic E-state index is 13.1. The summed E-state index contributed by atoms with van der Waals surface area (Å²) in [6.07, 6.45) is 0. The number of fused-ring (bicyclic) bond motifs is 1. The maximum absolute atomic E-state index is 13.1. The molecule has 0 atom stereocenters. The van der Waals surface area contributed by atoms with Crippen LogP contribution in [0, 0.1) is 0 Å². The first-order chi connectivity index (χ1) is 15.5. The predicted molar refractivity (Wildman–Crippen MR) is 120 cm³/mol. The van der Waals surface area contributed by atoms with Crippen LogP contribution in [-0.2, 0) is 6.54 Å². The molecule has 0 aliphatic carbocycles. The second-order valence-corrected chi connectivity index (χ2v) is 7.95. The Morgan fingerprint density at radius 1 is 0.969 bits per heavy atom. The SMILES string of the molecule is COc1ccc(CN2CCN(C(=O)c3cc(Cl)c4c(c3)OCCO4)CC2)c(OC)c1OC. The van der Waals surface area contributed by atoms with Gasteiger partial charge in [0, 0.05) is 43.9 Å². The van der Waals surface area contributed by atoms with Crippen LogP contribution in [0.25, 0.3) is 0 Å². The molecule has 0 N–H and O–H groups in total. The van der Waals surface area contributed by atoms with E-state index in [2.05, 4.69) is 4.90 Å². The maximum Gasteiger partial charge on any atom is 0.254 e. The van der Waals surface area contributed by atoms with E-state index in [0.717, 1.165) is 18.7 Å². The number of amides is 1. The second kappa shape index (κ2) is 9.75. The van der Waals surface area contributed by atoms with Gasteiger partial charge in [-0.3, -0.25) is 9.69 Å². The quantitative estimate of drug-likeness (QED) is 0.653. The molecular formula is C23H27ClN2O6. The van der Waals surface area contributed by atoms with E-state index in [-0.39, 0.29) is 5.91 Å². The molecule has 2 aliphatic rings. The predicted octanol–water partition coefficient (Wildman–Crippen LogP) is 3.10. The molecule has 1 fully saturated rings. The number of ether oxygens (including phenoxy) is 5. The van der Waals surface area contributed by atoms with Crippen molar-refractivity contribution >= 4 is 17.5 Å². The van der Waals surface area contributed by atoms with Gasteiger partial charge in [-0.05, 0) is 18.2 Å². The summed E-state index contributed by atoms with van der Waals surface area (Å²) in [5, 5.41) is 0.393. The van der Waals surface area contributed by atoms with Crippen LogP contribution in [0.3, 0.4) is 0 Å². The summed E-state index contributed by atoms with van der Waals surface area (Å²) in [6.45, 7) is 4.28. The van der Waals surface area contributed by atoms with Crippen molar-refractivity contribution in [2.45, 2.75) is 6.54 Å². The Hall–Kier alpha value is -2.84. The summed E-state index contributed by atoms with van der Waals surface area (Å²) in [4.78, 5) is 17.2. The number of carbonyl (C=O) groups is 1. The molecule has 0 spiro atoms. The largest absolute Gasteiger partial charge is 0.493 e. The van der Waals surface area contributed by atoms with Crippen molar-refractivity contribution in [3.63, 3.8) is 0 Å². The molecule has 0 unspecified atom stereocenters. The molecule has 2 heterocycles. The Morgan fingerprint density at radius 3 is 2.38 bits per heavy atom. The number of methoxy groups -OCH3 is 3. The Balaban J connectivity index is 1.42. The smallest absolute Gasteiger partial charge is 0.254 e. The van der Waals surface area contributed by atoms with Gasteiger partial charge in [-0.2, -0.15) is 0 Å². The van der Waals surface area contributed by atoms with Crippen molar-refractivity contribution in [1.82, 2.24) is 9.80 Å². The Kier molecular flexibility index (Phi) is 6.81. The lowest BCUT2D eigenvalue weighted by molar-refractivity contribution is 0.0626. The number of hydrogen-bond acceptors (Lipinski definition) is 7. The van der Waals surface area contributed by atoms with E-state index in [1.807, 2.05) is 17.0 Å². The average Bonchev–Trinajstić information content (AvgIpc) is 2.83. The molecule has 8 nitrogen and oxygen atoms in total. The fraction of sp³-hybridized carbons (Fsp3) is 0.435. The number of hydrogen-bond donors (Lipinski definition) is 0. The van der Waals surface area contributed by atoms with Gasteiger partial charge in [0.25, 0.3) is 5.91 Å². The number of nitrogens with zero attached hydrogens (tertiary/aromatic N) is 2. The summed E-state index contributed by atoms with van der Waals surface area (Å²) in [6, 6.07) is 7.22. The van der Waals surface area contributed by atoms with Crippen molar-refractivity contribution in [3.8, 4) is 28.7 Å². The lowest BCUT2D eigenvalue weighted by Gasteiger charge is -2.35. The minimum Gasteiger partial charge on any atom is -0.493 e. The molecular weight excluding hydrogens is 436 g/mol. The van der Waals surface area contributed by atoms with Gasteiger partial charge in [0.05, 0.1) is 26.4 Å². The molecule has 2 aromatic rings. The molecule has 0 bridgehead atoms. The first-order valence-electron chi connectivity index (χ1n) is 10.4. The highest BCUT2D eigenvalue weighted by Gasteiger charge is 2.26. The molecule has 4 rings (SSSR count). The Labute approximate surface area is 192 Å². The molecule has 0 aromatic heterocycles. The lowest BCUT2D eigenvalue weighted by Crippen LogP contribution is -2.48. The third-order valence-corrected chi connectivity index (χ3v) is 5.96. The van der Waals surface area contributed by atoms with Crippen LogP contribution in [0.2, 0.25) is 5.02 Å². The van der Waals surface area contributed by atoms with E-state index in [1.54, 1.807) is 33.5 Å². The highest BCUT2D eigenvalue weighted by Crippen LogP contribution is 2.40. The van der Waals surface area contributed by atoms with E-state index >= 15 is 0 Å². The van der Waals surface area contributed by atoms with Crippen molar-refractivity contribution < 1.29 is 28.5 Å². The van der Waals surface area contributed by atoms with Crippen molar-refractivity contribution in [2.75, 3.05) is 60.7 Å². The van der Waals surface area contributed by atoms with Gasteiger partial charge in [0.2, 0.25) is 5.75 Å². The van der Waals surface area contributed by atoms with Gasteiger partial charge in [0.1, 0.15) is 13.2 Å². The zero-order chi connectivity index (χ0) is 22.7. The van der Waals surface area contributed by atoms with Gasteiger partial charge in [-0.25, -0.2) is 0 Å². The standard InChI is InChI=1S/C23H27ClN2O6/c1-28-18-5-4-15(20(29-2)22(18)30-3)14-25-6-8-26(9-7-25)23(27)16-12-17(24)21-19(13-16)31-10-11-32-21/h4-5,12-13H,6-11,14H2,1-3H3. The number of halogens is 1. The van der Waals surface area contributed by atoms with Crippen LogP contribution in [-0.4, -0.2) is 76.4 Å². The van der Waals surface area contributed by atoms with Gasteiger partial charge < -0.3 is 28.6 Å². The highest BCUT2D eigenvalue weighted by molar-refractivity contribution is 6.32. The van der Waals surface area contributed by atoms with E-state index in [1.165, 1.54) is 0 Å².